The number of ether oxygens (including phenoxy) is 1. The highest BCUT2D eigenvalue weighted by molar-refractivity contribution is 5.83. The van der Waals surface area contributed by atoms with Crippen LogP contribution in [0.2, 0.25) is 0 Å². The minimum Gasteiger partial charge on any atom is -0.495 e. The fraction of sp³-hybridized carbons (Fsp3) is 0.316. The highest BCUT2D eigenvalue weighted by atomic mass is 16.5. The van der Waals surface area contributed by atoms with Crippen LogP contribution in [0, 0.1) is 0 Å². The maximum absolute atomic E-state index is 6.18. The third-order valence-electron chi connectivity index (χ3n) is 4.87. The van der Waals surface area contributed by atoms with E-state index >= 15 is 0 Å². The largest absolute Gasteiger partial charge is 0.495 e. The topological polar surface area (TPSA) is 85.3 Å². The summed E-state index contributed by atoms with van der Waals surface area (Å²) in [5.74, 6) is 1.66. The van der Waals surface area contributed by atoms with Gasteiger partial charge in [-0.05, 0) is 12.1 Å². The van der Waals surface area contributed by atoms with Crippen molar-refractivity contribution in [2.75, 3.05) is 48.8 Å². The van der Waals surface area contributed by atoms with Crippen molar-refractivity contribution in [3.8, 4) is 16.9 Å². The van der Waals surface area contributed by atoms with Crippen LogP contribution in [0.5, 0.6) is 5.75 Å². The molecule has 0 aliphatic carbocycles. The quantitative estimate of drug-likeness (QED) is 0.706. The number of aromatic nitrogens is 4. The highest BCUT2D eigenvalue weighted by Gasteiger charge is 2.22. The number of nitrogens with two attached hydrogens (primary N) is 1. The van der Waals surface area contributed by atoms with Crippen LogP contribution in [0.4, 0.5) is 17.2 Å². The summed E-state index contributed by atoms with van der Waals surface area (Å²) in [7, 11) is 3.56. The molecule has 27 heavy (non-hydrogen) atoms. The Morgan fingerprint density at radius 1 is 1.11 bits per heavy atom. The van der Waals surface area contributed by atoms with Crippen LogP contribution in [0.25, 0.3) is 11.1 Å². The number of aryl methyl sites for hydroxylation is 1. The lowest BCUT2D eigenvalue weighted by Crippen LogP contribution is -2.47. The summed E-state index contributed by atoms with van der Waals surface area (Å²) in [4.78, 5) is 13.0. The van der Waals surface area contributed by atoms with Crippen molar-refractivity contribution in [3.63, 3.8) is 0 Å². The van der Waals surface area contributed by atoms with E-state index in [1.807, 2.05) is 37.6 Å². The summed E-state index contributed by atoms with van der Waals surface area (Å²) in [5, 5.41) is 4.31. The first-order valence-electron chi connectivity index (χ1n) is 8.88. The lowest BCUT2D eigenvalue weighted by atomic mass is 10.0. The van der Waals surface area contributed by atoms with Gasteiger partial charge in [-0.2, -0.15) is 5.10 Å². The molecule has 1 fully saturated rings. The van der Waals surface area contributed by atoms with Crippen LogP contribution in [-0.4, -0.2) is 53.0 Å². The van der Waals surface area contributed by atoms with Gasteiger partial charge < -0.3 is 20.3 Å². The molecular weight excluding hydrogens is 342 g/mol. The Morgan fingerprint density at radius 2 is 1.89 bits per heavy atom. The fourth-order valence-electron chi connectivity index (χ4n) is 3.46. The molecule has 0 atom stereocenters. The maximum atomic E-state index is 6.18. The normalized spacial score (nSPS) is 14.4. The van der Waals surface area contributed by atoms with Crippen molar-refractivity contribution in [1.82, 2.24) is 19.7 Å². The van der Waals surface area contributed by atoms with Gasteiger partial charge in [0.1, 0.15) is 17.9 Å². The van der Waals surface area contributed by atoms with Crippen molar-refractivity contribution in [1.29, 1.82) is 0 Å². The third-order valence-corrected chi connectivity index (χ3v) is 4.87. The second kappa shape index (κ2) is 7.14. The van der Waals surface area contributed by atoms with E-state index in [0.29, 0.717) is 11.4 Å². The van der Waals surface area contributed by atoms with Gasteiger partial charge in [0.05, 0.1) is 19.0 Å². The van der Waals surface area contributed by atoms with Gasteiger partial charge in [0.2, 0.25) is 0 Å². The van der Waals surface area contributed by atoms with Gasteiger partial charge in [-0.3, -0.25) is 4.68 Å². The van der Waals surface area contributed by atoms with Crippen LogP contribution >= 0.6 is 0 Å². The van der Waals surface area contributed by atoms with Crippen molar-refractivity contribution in [3.05, 3.63) is 43.1 Å². The number of benzene rings is 1. The molecule has 1 aromatic carbocycles. The SMILES string of the molecule is COc1cc(N2CCN(c3ccncn3)CC2)c(-c2cnn(C)c2)cc1N. The molecule has 0 spiro atoms. The summed E-state index contributed by atoms with van der Waals surface area (Å²) in [5.41, 5.74) is 10.0. The Hall–Kier alpha value is -3.29. The Morgan fingerprint density at radius 3 is 2.52 bits per heavy atom. The molecule has 1 aliphatic heterocycles. The number of methoxy groups -OCH3 is 1. The number of rotatable bonds is 4. The smallest absolute Gasteiger partial charge is 0.143 e. The van der Waals surface area contributed by atoms with E-state index in [1.165, 1.54) is 0 Å². The second-order valence-electron chi connectivity index (χ2n) is 6.56. The third kappa shape index (κ3) is 3.38. The lowest BCUT2D eigenvalue weighted by molar-refractivity contribution is 0.417. The van der Waals surface area contributed by atoms with Crippen molar-refractivity contribution >= 4 is 17.2 Å². The first kappa shape index (κ1) is 17.1. The van der Waals surface area contributed by atoms with Crippen molar-refractivity contribution in [2.24, 2.45) is 7.05 Å². The Balaban J connectivity index is 1.63. The van der Waals surface area contributed by atoms with Crippen LogP contribution < -0.4 is 20.3 Å². The molecule has 1 saturated heterocycles. The minimum atomic E-state index is 0.625. The van der Waals surface area contributed by atoms with E-state index in [9.17, 15) is 0 Å². The number of piperazine rings is 1. The predicted octanol–water partition coefficient (Wildman–Crippen LogP) is 1.79. The van der Waals surface area contributed by atoms with Gasteiger partial charge in [-0.1, -0.05) is 0 Å². The molecule has 2 N–H and O–H groups in total. The summed E-state index contributed by atoms with van der Waals surface area (Å²) < 4.78 is 7.26. The van der Waals surface area contributed by atoms with E-state index in [2.05, 4.69) is 24.9 Å². The zero-order chi connectivity index (χ0) is 18.8. The molecular formula is C19H23N7O. The molecule has 140 valence electrons. The molecule has 3 aromatic rings. The predicted molar refractivity (Wildman–Crippen MR) is 106 cm³/mol. The number of nitrogens with zero attached hydrogens (tertiary/aromatic N) is 6. The molecule has 0 unspecified atom stereocenters. The molecule has 2 aromatic heterocycles. The van der Waals surface area contributed by atoms with Gasteiger partial charge >= 0.3 is 0 Å². The highest BCUT2D eigenvalue weighted by Crippen LogP contribution is 2.38. The van der Waals surface area contributed by atoms with E-state index in [-0.39, 0.29) is 0 Å². The van der Waals surface area contributed by atoms with Crippen molar-refractivity contribution in [2.45, 2.75) is 0 Å². The van der Waals surface area contributed by atoms with Gasteiger partial charge in [0.25, 0.3) is 0 Å². The van der Waals surface area contributed by atoms with Gasteiger partial charge in [-0.25, -0.2) is 9.97 Å². The summed E-state index contributed by atoms with van der Waals surface area (Å²) in [6, 6.07) is 5.95. The van der Waals surface area contributed by atoms with Crippen LogP contribution in [0.3, 0.4) is 0 Å². The average Bonchev–Trinajstić information content (AvgIpc) is 3.15. The van der Waals surface area contributed by atoms with Gasteiger partial charge in [0, 0.05) is 68.5 Å². The standard InChI is InChI=1S/C19H23N7O/c1-24-12-14(11-23-24)15-9-16(20)18(27-2)10-17(15)25-5-7-26(8-6-25)19-3-4-21-13-22-19/h3-4,9-13H,5-8,20H2,1-2H3. The monoisotopic (exact) mass is 365 g/mol. The van der Waals surface area contributed by atoms with Crippen LogP contribution in [0.15, 0.2) is 43.1 Å². The lowest BCUT2D eigenvalue weighted by Gasteiger charge is -2.37. The number of nitrogen functional groups attached to an aromatic ring is 1. The van der Waals surface area contributed by atoms with E-state index in [4.69, 9.17) is 10.5 Å². The molecule has 0 amide bonds. The second-order valence-corrected chi connectivity index (χ2v) is 6.56. The molecule has 8 heteroatoms. The first-order valence-corrected chi connectivity index (χ1v) is 8.88. The van der Waals surface area contributed by atoms with E-state index < -0.39 is 0 Å². The zero-order valence-electron chi connectivity index (χ0n) is 15.5. The van der Waals surface area contributed by atoms with E-state index in [0.717, 1.165) is 48.8 Å². The molecule has 0 saturated carbocycles. The number of hydrogen-bond acceptors (Lipinski definition) is 7. The Labute approximate surface area is 158 Å². The van der Waals surface area contributed by atoms with Gasteiger partial charge in [-0.15, -0.1) is 0 Å². The molecule has 0 radical (unpaired) electrons. The average molecular weight is 365 g/mol. The summed E-state index contributed by atoms with van der Waals surface area (Å²) in [6.45, 7) is 3.53. The summed E-state index contributed by atoms with van der Waals surface area (Å²) >= 11 is 0. The first-order chi connectivity index (χ1) is 13.2. The molecule has 0 bridgehead atoms. The van der Waals surface area contributed by atoms with Crippen LogP contribution in [0.1, 0.15) is 0 Å². The molecule has 3 heterocycles. The zero-order valence-corrected chi connectivity index (χ0v) is 15.5. The maximum Gasteiger partial charge on any atom is 0.143 e. The van der Waals surface area contributed by atoms with Crippen molar-refractivity contribution < 1.29 is 4.74 Å². The minimum absolute atomic E-state index is 0.625. The number of hydrogen-bond donors (Lipinski definition) is 1. The summed E-state index contributed by atoms with van der Waals surface area (Å²) in [6.07, 6.45) is 7.23. The molecule has 8 nitrogen and oxygen atoms in total. The molecule has 1 aliphatic rings. The fourth-order valence-corrected chi connectivity index (χ4v) is 3.46. The Bertz CT molecular complexity index is 917. The van der Waals surface area contributed by atoms with E-state index in [1.54, 1.807) is 24.3 Å². The molecule has 4 rings (SSSR count). The number of anilines is 3. The Kier molecular flexibility index (Phi) is 4.53. The van der Waals surface area contributed by atoms with Crippen LogP contribution in [-0.2, 0) is 7.05 Å². The van der Waals surface area contributed by atoms with Gasteiger partial charge in [0.15, 0.2) is 0 Å².